The number of nitrogens with one attached hydrogen (secondary N) is 2. The third-order valence-electron chi connectivity index (χ3n) is 2.91. The van der Waals surface area contributed by atoms with Gasteiger partial charge < -0.3 is 10.6 Å². The van der Waals surface area contributed by atoms with Crippen LogP contribution in [-0.2, 0) is 11.2 Å². The van der Waals surface area contributed by atoms with Gasteiger partial charge in [-0.15, -0.1) is 0 Å². The lowest BCUT2D eigenvalue weighted by atomic mass is 10.1. The minimum atomic E-state index is -0.370. The number of amides is 1. The van der Waals surface area contributed by atoms with Crippen LogP contribution in [0.2, 0.25) is 0 Å². The lowest BCUT2D eigenvalue weighted by Crippen LogP contribution is -2.15. The molecule has 5 heteroatoms. The quantitative estimate of drug-likeness (QED) is 0.857. The van der Waals surface area contributed by atoms with Crippen molar-refractivity contribution in [3.63, 3.8) is 0 Å². The van der Waals surface area contributed by atoms with Gasteiger partial charge in [-0.3, -0.25) is 4.79 Å². The van der Waals surface area contributed by atoms with E-state index in [0.29, 0.717) is 11.3 Å². The first kappa shape index (κ1) is 15.0. The highest BCUT2D eigenvalue weighted by molar-refractivity contribution is 5.92. The topological polar surface area (TPSA) is 54.0 Å². The molecule has 0 spiro atoms. The number of pyridine rings is 1. The highest BCUT2D eigenvalue weighted by Crippen LogP contribution is 2.12. The lowest BCUT2D eigenvalue weighted by Gasteiger charge is -2.07. The van der Waals surface area contributed by atoms with Crippen molar-refractivity contribution in [2.24, 2.45) is 0 Å². The summed E-state index contributed by atoms with van der Waals surface area (Å²) in [6.45, 7) is 2.93. The molecule has 0 saturated heterocycles. The maximum atomic E-state index is 13.5. The van der Waals surface area contributed by atoms with Gasteiger partial charge in [0.25, 0.3) is 0 Å². The zero-order chi connectivity index (χ0) is 15.1. The van der Waals surface area contributed by atoms with Gasteiger partial charge in [0.15, 0.2) is 0 Å². The molecule has 0 bridgehead atoms. The van der Waals surface area contributed by atoms with Crippen molar-refractivity contribution in [2.45, 2.75) is 19.8 Å². The monoisotopic (exact) mass is 287 g/mol. The second-order valence-electron chi connectivity index (χ2n) is 4.68. The summed E-state index contributed by atoms with van der Waals surface area (Å²) < 4.78 is 13.5. The molecule has 0 aliphatic carbocycles. The molecule has 0 radical (unpaired) electrons. The number of nitrogens with zero attached hydrogens (tertiary/aromatic N) is 1. The van der Waals surface area contributed by atoms with E-state index in [2.05, 4.69) is 22.5 Å². The Bertz CT molecular complexity index is 599. The maximum Gasteiger partial charge on any atom is 0.228 e. The second-order valence-corrected chi connectivity index (χ2v) is 4.68. The van der Waals surface area contributed by atoms with Crippen molar-refractivity contribution in [1.82, 2.24) is 4.98 Å². The highest BCUT2D eigenvalue weighted by Gasteiger charge is 2.08. The molecule has 1 heterocycles. The summed E-state index contributed by atoms with van der Waals surface area (Å²) in [5, 5.41) is 5.85. The number of carbonyl (C=O) groups is 1. The Morgan fingerprint density at radius 1 is 1.24 bits per heavy atom. The van der Waals surface area contributed by atoms with Crippen LogP contribution in [0.25, 0.3) is 0 Å². The Morgan fingerprint density at radius 2 is 2.05 bits per heavy atom. The van der Waals surface area contributed by atoms with Crippen LogP contribution in [0.15, 0.2) is 42.6 Å². The average Bonchev–Trinajstić information content (AvgIpc) is 2.49. The number of carbonyl (C=O) groups excluding carboxylic acids is 1. The first-order chi connectivity index (χ1) is 10.2. The fraction of sp³-hybridized carbons (Fsp3) is 0.250. The summed E-state index contributed by atoms with van der Waals surface area (Å²) in [4.78, 5) is 16.1. The molecule has 0 fully saturated rings. The molecule has 0 aliphatic rings. The van der Waals surface area contributed by atoms with Crippen LogP contribution in [0, 0.1) is 5.82 Å². The standard InChI is InChI=1S/C16H18FN3O/c1-2-9-18-15-8-7-13(11-19-15)20-16(21)10-12-5-3-4-6-14(12)17/h3-8,11H,2,9-10H2,1H3,(H,18,19)(H,20,21). The summed E-state index contributed by atoms with van der Waals surface area (Å²) in [6.07, 6.45) is 2.60. The molecule has 2 N–H and O–H groups in total. The normalized spacial score (nSPS) is 10.2. The van der Waals surface area contributed by atoms with Crippen LogP contribution in [0.1, 0.15) is 18.9 Å². The van der Waals surface area contributed by atoms with E-state index in [0.717, 1.165) is 18.8 Å². The van der Waals surface area contributed by atoms with Crippen molar-refractivity contribution in [3.05, 3.63) is 54.0 Å². The average molecular weight is 287 g/mol. The molecular formula is C16H18FN3O. The number of benzene rings is 1. The van der Waals surface area contributed by atoms with Gasteiger partial charge >= 0.3 is 0 Å². The molecule has 2 rings (SSSR count). The predicted molar refractivity (Wildman–Crippen MR) is 81.8 cm³/mol. The van der Waals surface area contributed by atoms with Gasteiger partial charge in [0.1, 0.15) is 11.6 Å². The van der Waals surface area contributed by atoms with Crippen LogP contribution in [0.3, 0.4) is 0 Å². The summed E-state index contributed by atoms with van der Waals surface area (Å²) in [7, 11) is 0. The van der Waals surface area contributed by atoms with Gasteiger partial charge in [-0.2, -0.15) is 0 Å². The Balaban J connectivity index is 1.92. The first-order valence-corrected chi connectivity index (χ1v) is 6.92. The van der Waals surface area contributed by atoms with Crippen molar-refractivity contribution in [3.8, 4) is 0 Å². The molecule has 2 aromatic rings. The third kappa shape index (κ3) is 4.56. The lowest BCUT2D eigenvalue weighted by molar-refractivity contribution is -0.115. The van der Waals surface area contributed by atoms with Crippen LogP contribution >= 0.6 is 0 Å². The van der Waals surface area contributed by atoms with Crippen molar-refractivity contribution in [2.75, 3.05) is 17.2 Å². The number of halogens is 1. The zero-order valence-electron chi connectivity index (χ0n) is 11.9. The van der Waals surface area contributed by atoms with Crippen molar-refractivity contribution in [1.29, 1.82) is 0 Å². The third-order valence-corrected chi connectivity index (χ3v) is 2.91. The minimum absolute atomic E-state index is 0.00249. The molecule has 1 aromatic heterocycles. The summed E-state index contributed by atoms with van der Waals surface area (Å²) >= 11 is 0. The molecular weight excluding hydrogens is 269 g/mol. The van der Waals surface area contributed by atoms with Crippen LogP contribution < -0.4 is 10.6 Å². The largest absolute Gasteiger partial charge is 0.370 e. The minimum Gasteiger partial charge on any atom is -0.370 e. The second kappa shape index (κ2) is 7.38. The van der Waals surface area contributed by atoms with E-state index in [1.807, 2.05) is 0 Å². The molecule has 0 atom stereocenters. The van der Waals surface area contributed by atoms with Crippen LogP contribution in [0.5, 0.6) is 0 Å². The number of hydrogen-bond donors (Lipinski definition) is 2. The predicted octanol–water partition coefficient (Wildman–Crippen LogP) is 3.22. The molecule has 21 heavy (non-hydrogen) atoms. The molecule has 0 aliphatic heterocycles. The summed E-state index contributed by atoms with van der Waals surface area (Å²) in [5.41, 5.74) is 0.975. The Labute approximate surface area is 123 Å². The van der Waals surface area contributed by atoms with Gasteiger partial charge in [0.2, 0.25) is 5.91 Å². The van der Waals surface area contributed by atoms with Crippen LogP contribution in [0.4, 0.5) is 15.9 Å². The fourth-order valence-corrected chi connectivity index (χ4v) is 1.85. The first-order valence-electron chi connectivity index (χ1n) is 6.92. The van der Waals surface area contributed by atoms with E-state index in [4.69, 9.17) is 0 Å². The van der Waals surface area contributed by atoms with E-state index in [1.165, 1.54) is 6.07 Å². The Kier molecular flexibility index (Phi) is 5.26. The van der Waals surface area contributed by atoms with E-state index >= 15 is 0 Å². The SMILES string of the molecule is CCCNc1ccc(NC(=O)Cc2ccccc2F)cn1. The van der Waals surface area contributed by atoms with Gasteiger partial charge in [-0.1, -0.05) is 25.1 Å². The molecule has 110 valence electrons. The Morgan fingerprint density at radius 3 is 2.71 bits per heavy atom. The van der Waals surface area contributed by atoms with Gasteiger partial charge in [-0.05, 0) is 30.2 Å². The van der Waals surface area contributed by atoms with E-state index in [-0.39, 0.29) is 18.1 Å². The molecule has 0 unspecified atom stereocenters. The Hall–Kier alpha value is -2.43. The number of hydrogen-bond acceptors (Lipinski definition) is 3. The zero-order valence-corrected chi connectivity index (χ0v) is 11.9. The number of anilines is 2. The molecule has 4 nitrogen and oxygen atoms in total. The van der Waals surface area contributed by atoms with E-state index in [9.17, 15) is 9.18 Å². The smallest absolute Gasteiger partial charge is 0.228 e. The van der Waals surface area contributed by atoms with E-state index in [1.54, 1.807) is 36.5 Å². The number of rotatable bonds is 6. The van der Waals surface area contributed by atoms with Crippen molar-refractivity contribution < 1.29 is 9.18 Å². The van der Waals surface area contributed by atoms with Gasteiger partial charge in [0.05, 0.1) is 18.3 Å². The highest BCUT2D eigenvalue weighted by atomic mass is 19.1. The van der Waals surface area contributed by atoms with Gasteiger partial charge in [0, 0.05) is 6.54 Å². The van der Waals surface area contributed by atoms with Crippen molar-refractivity contribution >= 4 is 17.4 Å². The molecule has 1 amide bonds. The molecule has 0 saturated carbocycles. The van der Waals surface area contributed by atoms with Gasteiger partial charge in [-0.25, -0.2) is 9.37 Å². The fourth-order valence-electron chi connectivity index (χ4n) is 1.85. The number of aromatic nitrogens is 1. The maximum absolute atomic E-state index is 13.5. The van der Waals surface area contributed by atoms with Crippen LogP contribution in [-0.4, -0.2) is 17.4 Å². The summed E-state index contributed by atoms with van der Waals surface area (Å²) in [6, 6.07) is 9.83. The molecule has 1 aromatic carbocycles. The van der Waals surface area contributed by atoms with E-state index < -0.39 is 0 Å². The summed E-state index contributed by atoms with van der Waals surface area (Å²) in [5.74, 6) is 0.130.